The monoisotopic (exact) mass is 321 g/mol. The molecule has 4 heteroatoms. The van der Waals surface area contributed by atoms with Crippen molar-refractivity contribution in [2.45, 2.75) is 33.7 Å². The van der Waals surface area contributed by atoms with Gasteiger partial charge in [-0.1, -0.05) is 43.3 Å². The number of carbonyl (C=O) groups is 1. The molecule has 0 saturated carbocycles. The van der Waals surface area contributed by atoms with E-state index < -0.39 is 0 Å². The zero-order valence-corrected chi connectivity index (χ0v) is 14.5. The van der Waals surface area contributed by atoms with Crippen molar-refractivity contribution in [3.63, 3.8) is 0 Å². The molecule has 3 aromatic rings. The summed E-state index contributed by atoms with van der Waals surface area (Å²) in [6.45, 7) is 7.36. The van der Waals surface area contributed by atoms with E-state index in [4.69, 9.17) is 0 Å². The maximum atomic E-state index is 13.2. The predicted molar refractivity (Wildman–Crippen MR) is 96.2 cm³/mol. The molecule has 0 saturated heterocycles. The molecule has 24 heavy (non-hydrogen) atoms. The number of nitrogens with zero attached hydrogens (tertiary/aromatic N) is 3. The molecule has 4 nitrogen and oxygen atoms in total. The third-order valence-electron chi connectivity index (χ3n) is 4.26. The van der Waals surface area contributed by atoms with Crippen LogP contribution in [0.3, 0.4) is 0 Å². The van der Waals surface area contributed by atoms with Gasteiger partial charge in [-0.15, -0.1) is 0 Å². The Bertz CT molecular complexity index is 852. The van der Waals surface area contributed by atoms with Crippen LogP contribution in [0.4, 0.5) is 0 Å². The number of aryl methyl sites for hydroxylation is 2. The number of fused-ring (bicyclic) bond motifs is 1. The Labute approximate surface area is 142 Å². The molecule has 0 radical (unpaired) electrons. The maximum Gasteiger partial charge on any atom is 0.273 e. The number of carbonyl (C=O) groups excluding carboxylic acids is 1. The molecule has 3 rings (SSSR count). The van der Waals surface area contributed by atoms with Gasteiger partial charge in [0.25, 0.3) is 5.91 Å². The molecule has 0 bridgehead atoms. The number of benzene rings is 1. The molecule has 0 atom stereocenters. The minimum atomic E-state index is 0.0382. The van der Waals surface area contributed by atoms with E-state index in [0.29, 0.717) is 18.8 Å². The average molecular weight is 321 g/mol. The van der Waals surface area contributed by atoms with Crippen LogP contribution in [0.25, 0.3) is 5.65 Å². The Morgan fingerprint density at radius 2 is 1.88 bits per heavy atom. The van der Waals surface area contributed by atoms with Gasteiger partial charge in [0.05, 0.1) is 5.69 Å². The lowest BCUT2D eigenvalue weighted by Crippen LogP contribution is -2.32. The highest BCUT2D eigenvalue weighted by Crippen LogP contribution is 2.18. The number of pyridine rings is 1. The molecular formula is C20H23N3O. The Morgan fingerprint density at radius 3 is 2.54 bits per heavy atom. The van der Waals surface area contributed by atoms with Gasteiger partial charge in [-0.25, -0.2) is 4.98 Å². The van der Waals surface area contributed by atoms with Gasteiger partial charge in [-0.3, -0.25) is 9.20 Å². The van der Waals surface area contributed by atoms with Crippen LogP contribution in [0, 0.1) is 6.92 Å². The molecule has 0 fully saturated rings. The number of hydrogen-bond donors (Lipinski definition) is 0. The fourth-order valence-electron chi connectivity index (χ4n) is 2.95. The summed E-state index contributed by atoms with van der Waals surface area (Å²) in [6.07, 6.45) is 2.73. The second-order valence-corrected chi connectivity index (χ2v) is 6.00. The number of aromatic nitrogens is 2. The molecule has 2 aromatic heterocycles. The van der Waals surface area contributed by atoms with E-state index in [0.717, 1.165) is 28.9 Å². The van der Waals surface area contributed by atoms with E-state index in [1.807, 2.05) is 66.6 Å². The zero-order valence-electron chi connectivity index (χ0n) is 14.5. The van der Waals surface area contributed by atoms with Crippen LogP contribution in [0.2, 0.25) is 0 Å². The molecule has 0 N–H and O–H groups in total. The smallest absolute Gasteiger partial charge is 0.273 e. The Balaban J connectivity index is 2.01. The number of hydrogen-bond acceptors (Lipinski definition) is 2. The Kier molecular flexibility index (Phi) is 4.65. The van der Waals surface area contributed by atoms with Gasteiger partial charge in [0.2, 0.25) is 0 Å². The van der Waals surface area contributed by atoms with Crippen LogP contribution in [0.1, 0.15) is 41.2 Å². The van der Waals surface area contributed by atoms with E-state index in [1.54, 1.807) is 0 Å². The van der Waals surface area contributed by atoms with Crippen LogP contribution in [-0.2, 0) is 13.0 Å². The lowest BCUT2D eigenvalue weighted by atomic mass is 10.2. The summed E-state index contributed by atoms with van der Waals surface area (Å²) in [5, 5.41) is 0. The first-order chi connectivity index (χ1) is 11.6. The topological polar surface area (TPSA) is 37.6 Å². The fourth-order valence-corrected chi connectivity index (χ4v) is 2.95. The standard InChI is InChI=1S/C20H23N3O/c1-4-17-19(23-13-15(3)11-12-18(23)21-17)20(24)22(5-2)14-16-9-7-6-8-10-16/h6-13H,4-5,14H2,1-3H3. The van der Waals surface area contributed by atoms with E-state index >= 15 is 0 Å². The average Bonchev–Trinajstić information content (AvgIpc) is 2.97. The van der Waals surface area contributed by atoms with Crippen molar-refractivity contribution in [3.05, 3.63) is 71.2 Å². The molecule has 1 aromatic carbocycles. The molecule has 2 heterocycles. The Hall–Kier alpha value is -2.62. The third kappa shape index (κ3) is 3.04. The van der Waals surface area contributed by atoms with Crippen molar-refractivity contribution in [2.24, 2.45) is 0 Å². The van der Waals surface area contributed by atoms with Crippen molar-refractivity contribution >= 4 is 11.6 Å². The lowest BCUT2D eigenvalue weighted by Gasteiger charge is -2.21. The first kappa shape index (κ1) is 16.2. The van der Waals surface area contributed by atoms with Gasteiger partial charge in [0.1, 0.15) is 11.3 Å². The van der Waals surface area contributed by atoms with E-state index in [2.05, 4.69) is 17.1 Å². The maximum absolute atomic E-state index is 13.2. The molecular weight excluding hydrogens is 298 g/mol. The predicted octanol–water partition coefficient (Wildman–Crippen LogP) is 3.87. The second-order valence-electron chi connectivity index (χ2n) is 6.00. The van der Waals surface area contributed by atoms with Gasteiger partial charge < -0.3 is 4.90 Å². The minimum Gasteiger partial charge on any atom is -0.333 e. The van der Waals surface area contributed by atoms with E-state index in [1.165, 1.54) is 0 Å². The number of rotatable bonds is 5. The first-order valence-electron chi connectivity index (χ1n) is 8.44. The largest absolute Gasteiger partial charge is 0.333 e. The summed E-state index contributed by atoms with van der Waals surface area (Å²) >= 11 is 0. The number of imidazole rings is 1. The first-order valence-corrected chi connectivity index (χ1v) is 8.44. The van der Waals surface area contributed by atoms with Crippen molar-refractivity contribution in [2.75, 3.05) is 6.54 Å². The quantitative estimate of drug-likeness (QED) is 0.715. The summed E-state index contributed by atoms with van der Waals surface area (Å²) in [5.74, 6) is 0.0382. The van der Waals surface area contributed by atoms with Gasteiger partial charge in [-0.05, 0) is 37.5 Å². The highest BCUT2D eigenvalue weighted by atomic mass is 16.2. The van der Waals surface area contributed by atoms with Gasteiger partial charge >= 0.3 is 0 Å². The van der Waals surface area contributed by atoms with Crippen molar-refractivity contribution in [3.8, 4) is 0 Å². The molecule has 1 amide bonds. The van der Waals surface area contributed by atoms with Crippen LogP contribution < -0.4 is 0 Å². The number of amides is 1. The lowest BCUT2D eigenvalue weighted by molar-refractivity contribution is 0.0744. The second kappa shape index (κ2) is 6.87. The summed E-state index contributed by atoms with van der Waals surface area (Å²) in [4.78, 5) is 19.7. The van der Waals surface area contributed by atoms with Crippen LogP contribution in [-0.4, -0.2) is 26.7 Å². The molecule has 124 valence electrons. The van der Waals surface area contributed by atoms with Crippen LogP contribution in [0.15, 0.2) is 48.7 Å². The van der Waals surface area contributed by atoms with Gasteiger partial charge in [0.15, 0.2) is 0 Å². The van der Waals surface area contributed by atoms with Crippen molar-refractivity contribution < 1.29 is 4.79 Å². The van der Waals surface area contributed by atoms with Gasteiger partial charge in [0, 0.05) is 19.3 Å². The summed E-state index contributed by atoms with van der Waals surface area (Å²) in [6, 6.07) is 14.1. The summed E-state index contributed by atoms with van der Waals surface area (Å²) in [5.41, 5.74) is 4.63. The van der Waals surface area contributed by atoms with Crippen LogP contribution in [0.5, 0.6) is 0 Å². The molecule has 0 spiro atoms. The fraction of sp³-hybridized carbons (Fsp3) is 0.300. The van der Waals surface area contributed by atoms with E-state index in [-0.39, 0.29) is 5.91 Å². The van der Waals surface area contributed by atoms with Crippen LogP contribution >= 0.6 is 0 Å². The van der Waals surface area contributed by atoms with Crippen molar-refractivity contribution in [1.82, 2.24) is 14.3 Å². The molecule has 0 aliphatic rings. The normalized spacial score (nSPS) is 11.0. The van der Waals surface area contributed by atoms with E-state index in [9.17, 15) is 4.79 Å². The molecule has 0 aliphatic heterocycles. The van der Waals surface area contributed by atoms with Gasteiger partial charge in [-0.2, -0.15) is 0 Å². The highest BCUT2D eigenvalue weighted by Gasteiger charge is 2.23. The minimum absolute atomic E-state index is 0.0382. The third-order valence-corrected chi connectivity index (χ3v) is 4.26. The SMILES string of the molecule is CCc1nc2ccc(C)cn2c1C(=O)N(CC)Cc1ccccc1. The molecule has 0 aliphatic carbocycles. The summed E-state index contributed by atoms with van der Waals surface area (Å²) in [7, 11) is 0. The zero-order chi connectivity index (χ0) is 17.1. The Morgan fingerprint density at radius 1 is 1.12 bits per heavy atom. The highest BCUT2D eigenvalue weighted by molar-refractivity contribution is 5.94. The molecule has 0 unspecified atom stereocenters. The summed E-state index contributed by atoms with van der Waals surface area (Å²) < 4.78 is 1.93. The van der Waals surface area contributed by atoms with Crippen molar-refractivity contribution in [1.29, 1.82) is 0 Å².